The Labute approximate surface area is 123 Å². The molecule has 0 unspecified atom stereocenters. The number of rotatable bonds is 8. The highest BCUT2D eigenvalue weighted by molar-refractivity contribution is 5.23. The Bertz CT molecular complexity index is 393. The highest BCUT2D eigenvalue weighted by Crippen LogP contribution is 2.23. The van der Waals surface area contributed by atoms with Crippen LogP contribution in [-0.4, -0.2) is 55.1 Å². The number of aromatic nitrogens is 2. The summed E-state index contributed by atoms with van der Waals surface area (Å²) in [5.74, 6) is 0. The third-order valence-electron chi connectivity index (χ3n) is 3.04. The van der Waals surface area contributed by atoms with Crippen LogP contribution in [0.5, 0.6) is 0 Å². The number of aryl methyl sites for hydroxylation is 1. The van der Waals surface area contributed by atoms with Crippen LogP contribution in [0, 0.1) is 0 Å². The molecule has 0 spiro atoms. The molecule has 5 heteroatoms. The Morgan fingerprint density at radius 1 is 1.30 bits per heavy atom. The molecule has 0 aliphatic carbocycles. The van der Waals surface area contributed by atoms with Crippen LogP contribution in [0.2, 0.25) is 0 Å². The molecule has 0 radical (unpaired) electrons. The maximum Gasteiger partial charge on any atom is 0.0722 e. The van der Waals surface area contributed by atoms with Gasteiger partial charge in [0.25, 0.3) is 0 Å². The Morgan fingerprint density at radius 3 is 2.60 bits per heavy atom. The second-order valence-electron chi connectivity index (χ2n) is 6.52. The van der Waals surface area contributed by atoms with E-state index in [0.717, 1.165) is 32.8 Å². The molecule has 0 aliphatic heterocycles. The van der Waals surface area contributed by atoms with Crippen LogP contribution < -0.4 is 5.32 Å². The van der Waals surface area contributed by atoms with Gasteiger partial charge in [0.15, 0.2) is 0 Å². The first-order valence-electron chi connectivity index (χ1n) is 7.27. The summed E-state index contributed by atoms with van der Waals surface area (Å²) in [4.78, 5) is 2.12. The molecule has 1 N–H and O–H groups in total. The topological polar surface area (TPSA) is 42.3 Å². The van der Waals surface area contributed by atoms with E-state index < -0.39 is 0 Å². The van der Waals surface area contributed by atoms with Crippen molar-refractivity contribution in [2.75, 3.05) is 40.4 Å². The summed E-state index contributed by atoms with van der Waals surface area (Å²) in [7, 11) is 6.08. The quantitative estimate of drug-likeness (QED) is 0.732. The fraction of sp³-hybridized carbons (Fsp3) is 0.800. The number of ether oxygens (including phenoxy) is 1. The van der Waals surface area contributed by atoms with Crippen LogP contribution in [0.1, 0.15) is 32.0 Å². The molecule has 1 aromatic heterocycles. The van der Waals surface area contributed by atoms with Crippen LogP contribution in [0.3, 0.4) is 0 Å². The van der Waals surface area contributed by atoms with Crippen molar-refractivity contribution in [3.8, 4) is 0 Å². The van der Waals surface area contributed by atoms with Gasteiger partial charge in [-0.05, 0) is 14.1 Å². The van der Waals surface area contributed by atoms with E-state index in [1.54, 1.807) is 0 Å². The molecule has 0 saturated heterocycles. The first-order chi connectivity index (χ1) is 9.30. The summed E-state index contributed by atoms with van der Waals surface area (Å²) in [5, 5.41) is 7.99. The summed E-state index contributed by atoms with van der Waals surface area (Å²) in [6.45, 7) is 10.8. The molecule has 0 amide bonds. The van der Waals surface area contributed by atoms with E-state index in [2.05, 4.69) is 56.4 Å². The van der Waals surface area contributed by atoms with Crippen molar-refractivity contribution in [3.63, 3.8) is 0 Å². The van der Waals surface area contributed by atoms with E-state index in [1.807, 2.05) is 11.7 Å². The number of likely N-dealkylation sites (N-methyl/N-ethyl adjacent to an activating group) is 1. The third-order valence-corrected chi connectivity index (χ3v) is 3.04. The van der Waals surface area contributed by atoms with Gasteiger partial charge in [-0.1, -0.05) is 20.8 Å². The van der Waals surface area contributed by atoms with Gasteiger partial charge in [-0.25, -0.2) is 0 Å². The maximum absolute atomic E-state index is 5.56. The summed E-state index contributed by atoms with van der Waals surface area (Å²) in [6.07, 6.45) is 2.10. The number of hydrogen-bond donors (Lipinski definition) is 1. The zero-order chi connectivity index (χ0) is 15.2. The monoisotopic (exact) mass is 282 g/mol. The predicted octanol–water partition coefficient (Wildman–Crippen LogP) is 1.39. The molecule has 116 valence electrons. The lowest BCUT2D eigenvalue weighted by Gasteiger charge is -2.17. The number of nitrogens with zero attached hydrogens (tertiary/aromatic N) is 3. The van der Waals surface area contributed by atoms with E-state index in [1.165, 1.54) is 11.3 Å². The molecule has 5 nitrogen and oxygen atoms in total. The van der Waals surface area contributed by atoms with E-state index >= 15 is 0 Å². The lowest BCUT2D eigenvalue weighted by atomic mass is 9.89. The molecule has 0 fully saturated rings. The number of nitrogens with one attached hydrogen (secondary N) is 1. The summed E-state index contributed by atoms with van der Waals surface area (Å²) < 4.78 is 7.45. The molecule has 0 aromatic carbocycles. The first-order valence-corrected chi connectivity index (χ1v) is 7.27. The molecular formula is C15H30N4O. The molecule has 0 atom stereocenters. The second-order valence-corrected chi connectivity index (χ2v) is 6.52. The minimum atomic E-state index is 0.0838. The average Bonchev–Trinajstić information content (AvgIpc) is 2.68. The van der Waals surface area contributed by atoms with Crippen LogP contribution in [0.15, 0.2) is 6.20 Å². The van der Waals surface area contributed by atoms with Crippen molar-refractivity contribution in [2.45, 2.75) is 32.7 Å². The Hall–Kier alpha value is -0.910. The van der Waals surface area contributed by atoms with Gasteiger partial charge in [0.2, 0.25) is 0 Å². The summed E-state index contributed by atoms with van der Waals surface area (Å²) in [6, 6.07) is 0. The normalized spacial score (nSPS) is 12.3. The van der Waals surface area contributed by atoms with Crippen molar-refractivity contribution >= 4 is 0 Å². The van der Waals surface area contributed by atoms with Gasteiger partial charge >= 0.3 is 0 Å². The maximum atomic E-state index is 5.56. The van der Waals surface area contributed by atoms with Crippen molar-refractivity contribution in [2.24, 2.45) is 7.05 Å². The van der Waals surface area contributed by atoms with Gasteiger partial charge in [0, 0.05) is 43.9 Å². The van der Waals surface area contributed by atoms with Crippen molar-refractivity contribution < 1.29 is 4.74 Å². The van der Waals surface area contributed by atoms with Crippen molar-refractivity contribution in [1.82, 2.24) is 20.0 Å². The summed E-state index contributed by atoms with van der Waals surface area (Å²) >= 11 is 0. The molecule has 0 saturated carbocycles. The van der Waals surface area contributed by atoms with E-state index in [9.17, 15) is 0 Å². The predicted molar refractivity (Wildman–Crippen MR) is 83.0 cm³/mol. The standard InChI is InChI=1S/C15H30N4O/c1-15(2,3)14-13(12-19(6)17-14)11-16-7-9-20-10-8-18(4)5/h12,16H,7-11H2,1-6H3. The number of hydrogen-bond acceptors (Lipinski definition) is 4. The molecule has 20 heavy (non-hydrogen) atoms. The van der Waals surface area contributed by atoms with E-state index in [-0.39, 0.29) is 5.41 Å². The lowest BCUT2D eigenvalue weighted by molar-refractivity contribution is 0.119. The van der Waals surface area contributed by atoms with Crippen LogP contribution in [0.25, 0.3) is 0 Å². The lowest BCUT2D eigenvalue weighted by Crippen LogP contribution is -2.24. The Kier molecular flexibility index (Phi) is 6.65. The van der Waals surface area contributed by atoms with Crippen molar-refractivity contribution in [1.29, 1.82) is 0 Å². The van der Waals surface area contributed by atoms with E-state index in [4.69, 9.17) is 4.74 Å². The molecule has 1 rings (SSSR count). The molecule has 1 aromatic rings. The van der Waals surface area contributed by atoms with Gasteiger partial charge in [-0.15, -0.1) is 0 Å². The van der Waals surface area contributed by atoms with Gasteiger partial charge in [0.1, 0.15) is 0 Å². The molecule has 0 bridgehead atoms. The van der Waals surface area contributed by atoms with Crippen LogP contribution in [0.4, 0.5) is 0 Å². The molecule has 1 heterocycles. The van der Waals surface area contributed by atoms with Gasteiger partial charge < -0.3 is 15.0 Å². The first kappa shape index (κ1) is 17.1. The fourth-order valence-electron chi connectivity index (χ4n) is 2.02. The fourth-order valence-corrected chi connectivity index (χ4v) is 2.02. The minimum absolute atomic E-state index is 0.0838. The Balaban J connectivity index is 2.29. The zero-order valence-corrected chi connectivity index (χ0v) is 13.9. The Morgan fingerprint density at radius 2 is 2.00 bits per heavy atom. The third kappa shape index (κ3) is 6.03. The van der Waals surface area contributed by atoms with Gasteiger partial charge in [-0.2, -0.15) is 5.10 Å². The highest BCUT2D eigenvalue weighted by Gasteiger charge is 2.21. The summed E-state index contributed by atoms with van der Waals surface area (Å²) in [5.41, 5.74) is 2.52. The smallest absolute Gasteiger partial charge is 0.0722 e. The SMILES string of the molecule is CN(C)CCOCCNCc1cn(C)nc1C(C)(C)C. The van der Waals surface area contributed by atoms with Crippen molar-refractivity contribution in [3.05, 3.63) is 17.5 Å². The second kappa shape index (κ2) is 7.76. The minimum Gasteiger partial charge on any atom is -0.379 e. The molecular weight excluding hydrogens is 252 g/mol. The van der Waals surface area contributed by atoms with Crippen LogP contribution in [-0.2, 0) is 23.7 Å². The van der Waals surface area contributed by atoms with Gasteiger partial charge in [0.05, 0.1) is 18.9 Å². The van der Waals surface area contributed by atoms with Gasteiger partial charge in [-0.3, -0.25) is 4.68 Å². The molecule has 0 aliphatic rings. The largest absolute Gasteiger partial charge is 0.379 e. The van der Waals surface area contributed by atoms with E-state index in [0.29, 0.717) is 0 Å². The highest BCUT2D eigenvalue weighted by atomic mass is 16.5. The zero-order valence-electron chi connectivity index (χ0n) is 13.9. The average molecular weight is 282 g/mol. The van der Waals surface area contributed by atoms with Crippen LogP contribution >= 0.6 is 0 Å².